The summed E-state index contributed by atoms with van der Waals surface area (Å²) in [5.41, 5.74) is 2.14. The van der Waals surface area contributed by atoms with E-state index in [0.717, 1.165) is 9.78 Å². The first-order chi connectivity index (χ1) is 16.7. The second kappa shape index (κ2) is 8.95. The van der Waals surface area contributed by atoms with Gasteiger partial charge in [0.05, 0.1) is 24.4 Å². The van der Waals surface area contributed by atoms with Crippen LogP contribution < -0.4 is 9.96 Å². The number of methoxy groups -OCH3 is 1. The topological polar surface area (TPSA) is 76.2 Å². The fourth-order valence-corrected chi connectivity index (χ4v) is 6.25. The number of thiophene rings is 1. The van der Waals surface area contributed by atoms with Crippen molar-refractivity contribution in [1.82, 2.24) is 0 Å². The Morgan fingerprint density at radius 2 is 1.77 bits per heavy atom. The van der Waals surface area contributed by atoms with E-state index in [9.17, 15) is 14.4 Å². The Morgan fingerprint density at radius 3 is 2.43 bits per heavy atom. The van der Waals surface area contributed by atoms with Gasteiger partial charge in [0.2, 0.25) is 5.91 Å². The van der Waals surface area contributed by atoms with Gasteiger partial charge in [0.1, 0.15) is 10.9 Å². The molecule has 2 amide bonds. The number of ether oxygens (including phenoxy) is 1. The number of hydrogen-bond acceptors (Lipinski definition) is 7. The van der Waals surface area contributed by atoms with Gasteiger partial charge in [-0.05, 0) is 49.2 Å². The Balaban J connectivity index is 1.63. The highest BCUT2D eigenvalue weighted by Crippen LogP contribution is 2.50. The molecule has 2 aliphatic rings. The Hall–Kier alpha value is -2.91. The van der Waals surface area contributed by atoms with Crippen LogP contribution in [-0.4, -0.2) is 31.0 Å². The van der Waals surface area contributed by atoms with Crippen LogP contribution in [0.25, 0.3) is 0 Å². The van der Waals surface area contributed by atoms with Crippen LogP contribution in [0.15, 0.2) is 48.5 Å². The molecule has 2 fully saturated rings. The molecule has 1 aromatic heterocycles. The number of esters is 1. The van der Waals surface area contributed by atoms with Crippen molar-refractivity contribution in [3.63, 3.8) is 0 Å². The summed E-state index contributed by atoms with van der Waals surface area (Å²) in [6, 6.07) is 13.5. The molecule has 2 aromatic carbocycles. The molecule has 3 atom stereocenters. The van der Waals surface area contributed by atoms with Crippen LogP contribution >= 0.6 is 34.5 Å². The number of amides is 2. The summed E-state index contributed by atoms with van der Waals surface area (Å²) in [6.45, 7) is 3.59. The van der Waals surface area contributed by atoms with Crippen molar-refractivity contribution in [3.05, 3.63) is 80.1 Å². The van der Waals surface area contributed by atoms with Gasteiger partial charge in [-0.1, -0.05) is 47.5 Å². The van der Waals surface area contributed by atoms with Crippen molar-refractivity contribution in [2.45, 2.75) is 26.0 Å². The number of rotatable bonds is 4. The molecule has 3 aromatic rings. The van der Waals surface area contributed by atoms with E-state index in [-0.39, 0.29) is 10.6 Å². The maximum absolute atomic E-state index is 13.9. The Labute approximate surface area is 215 Å². The lowest BCUT2D eigenvalue weighted by atomic mass is 9.90. The summed E-state index contributed by atoms with van der Waals surface area (Å²) < 4.78 is 4.94. The number of hydrogen-bond donors (Lipinski definition) is 0. The lowest BCUT2D eigenvalue weighted by Gasteiger charge is -2.29. The van der Waals surface area contributed by atoms with Gasteiger partial charge in [-0.15, -0.1) is 11.3 Å². The van der Waals surface area contributed by atoms with Gasteiger partial charge in [0.15, 0.2) is 6.10 Å². The summed E-state index contributed by atoms with van der Waals surface area (Å²) in [7, 11) is 1.26. The fraction of sp³-hybridized carbons (Fsp3) is 0.240. The first kappa shape index (κ1) is 23.8. The lowest BCUT2D eigenvalue weighted by Crippen LogP contribution is -2.37. The molecule has 0 bridgehead atoms. The fourth-order valence-electron chi connectivity index (χ4n) is 4.58. The average molecular weight is 531 g/mol. The van der Waals surface area contributed by atoms with Gasteiger partial charge in [-0.25, -0.2) is 14.8 Å². The summed E-state index contributed by atoms with van der Waals surface area (Å²) in [5.74, 6) is -2.51. The molecule has 35 heavy (non-hydrogen) atoms. The molecule has 2 aliphatic heterocycles. The average Bonchev–Trinajstić information content (AvgIpc) is 3.44. The van der Waals surface area contributed by atoms with Gasteiger partial charge in [-0.3, -0.25) is 14.4 Å². The van der Waals surface area contributed by atoms with Crippen LogP contribution in [0, 0.1) is 19.8 Å². The van der Waals surface area contributed by atoms with Crippen LogP contribution in [0.4, 0.5) is 10.7 Å². The molecule has 0 unspecified atom stereocenters. The minimum absolute atomic E-state index is 0.206. The molecule has 2 saturated heterocycles. The molecule has 0 spiro atoms. The molecule has 0 saturated carbocycles. The molecule has 7 nitrogen and oxygen atoms in total. The van der Waals surface area contributed by atoms with Gasteiger partial charge >= 0.3 is 5.97 Å². The second-order valence-corrected chi connectivity index (χ2v) is 10.3. The molecule has 0 radical (unpaired) electrons. The zero-order chi connectivity index (χ0) is 25.0. The minimum Gasteiger partial charge on any atom is -0.465 e. The minimum atomic E-state index is -1.09. The molecule has 10 heteroatoms. The van der Waals surface area contributed by atoms with Crippen LogP contribution in [0.3, 0.4) is 0 Å². The number of hydroxylamine groups is 1. The van der Waals surface area contributed by atoms with Crippen molar-refractivity contribution >= 4 is 63.0 Å². The number of para-hydroxylation sites is 1. The first-order valence-corrected chi connectivity index (χ1v) is 12.3. The van der Waals surface area contributed by atoms with Gasteiger partial charge < -0.3 is 4.74 Å². The van der Waals surface area contributed by atoms with Crippen LogP contribution in [0.2, 0.25) is 10.0 Å². The number of fused-ring (bicyclic) bond motifs is 1. The summed E-state index contributed by atoms with van der Waals surface area (Å²) in [5, 5.41) is 2.60. The van der Waals surface area contributed by atoms with E-state index in [2.05, 4.69) is 0 Å². The van der Waals surface area contributed by atoms with Crippen LogP contribution in [0.1, 0.15) is 32.4 Å². The molecule has 0 N–H and O–H groups in total. The quantitative estimate of drug-likeness (QED) is 0.327. The largest absolute Gasteiger partial charge is 0.465 e. The Bertz CT molecular complexity index is 1360. The zero-order valence-corrected chi connectivity index (χ0v) is 21.3. The Kier molecular flexibility index (Phi) is 6.09. The third-order valence-electron chi connectivity index (χ3n) is 6.37. The standard InChI is InChI=1S/C25H20Cl2N2O5S/c1-12-13(2)35-24(18(12)25(32)33-3)28-22(30)19-20(16-10-9-14(26)11-17(16)27)29(34-21(19)23(28)31)15-7-5-4-6-8-15/h4-11,19-21H,1-3H3/t19-,20+,21+/m0/s1. The van der Waals surface area contributed by atoms with E-state index in [1.807, 2.05) is 37.3 Å². The third kappa shape index (κ3) is 3.72. The van der Waals surface area contributed by atoms with E-state index in [0.29, 0.717) is 26.9 Å². The molecule has 3 heterocycles. The molecular formula is C25H20Cl2N2O5S. The van der Waals surface area contributed by atoms with E-state index in [1.54, 1.807) is 30.2 Å². The number of aryl methyl sites for hydroxylation is 1. The SMILES string of the molecule is COC(=O)c1c(N2C(=O)[C@H]3[C@@H](c4ccc(Cl)cc4Cl)N(c4ccccc4)O[C@H]3C2=O)sc(C)c1C. The molecule has 5 rings (SSSR count). The number of carbonyl (C=O) groups excluding carboxylic acids is 3. The summed E-state index contributed by atoms with van der Waals surface area (Å²) in [4.78, 5) is 48.1. The molecule has 0 aliphatic carbocycles. The van der Waals surface area contributed by atoms with E-state index in [1.165, 1.54) is 18.4 Å². The number of halogens is 2. The van der Waals surface area contributed by atoms with Crippen LogP contribution in [-0.2, 0) is 19.2 Å². The van der Waals surface area contributed by atoms with Crippen molar-refractivity contribution in [2.24, 2.45) is 5.92 Å². The highest BCUT2D eigenvalue weighted by Gasteiger charge is 2.61. The van der Waals surface area contributed by atoms with Crippen LogP contribution in [0.5, 0.6) is 0 Å². The van der Waals surface area contributed by atoms with Gasteiger partial charge in [0.25, 0.3) is 5.91 Å². The Morgan fingerprint density at radius 1 is 1.06 bits per heavy atom. The smallest absolute Gasteiger partial charge is 0.341 e. The highest BCUT2D eigenvalue weighted by molar-refractivity contribution is 7.17. The van der Waals surface area contributed by atoms with Crippen molar-refractivity contribution in [3.8, 4) is 0 Å². The number of imide groups is 1. The van der Waals surface area contributed by atoms with Crippen molar-refractivity contribution < 1.29 is 24.0 Å². The zero-order valence-electron chi connectivity index (χ0n) is 19.0. The first-order valence-electron chi connectivity index (χ1n) is 10.8. The van der Waals surface area contributed by atoms with E-state index < -0.39 is 35.8 Å². The van der Waals surface area contributed by atoms with E-state index in [4.69, 9.17) is 32.8 Å². The van der Waals surface area contributed by atoms with Gasteiger partial charge in [0, 0.05) is 14.9 Å². The van der Waals surface area contributed by atoms with Crippen molar-refractivity contribution in [1.29, 1.82) is 0 Å². The normalized spacial score (nSPS) is 21.6. The van der Waals surface area contributed by atoms with E-state index >= 15 is 0 Å². The van der Waals surface area contributed by atoms with Gasteiger partial charge in [-0.2, -0.15) is 0 Å². The predicted octanol–water partition coefficient (Wildman–Crippen LogP) is 5.51. The number of carbonyl (C=O) groups is 3. The second-order valence-electron chi connectivity index (χ2n) is 8.29. The number of anilines is 2. The lowest BCUT2D eigenvalue weighted by molar-refractivity contribution is -0.126. The monoisotopic (exact) mass is 530 g/mol. The molecule has 180 valence electrons. The maximum atomic E-state index is 13.9. The third-order valence-corrected chi connectivity index (χ3v) is 8.12. The number of nitrogens with zero attached hydrogens (tertiary/aromatic N) is 2. The summed E-state index contributed by atoms with van der Waals surface area (Å²) >= 11 is 13.9. The highest BCUT2D eigenvalue weighted by atomic mass is 35.5. The number of benzene rings is 2. The summed E-state index contributed by atoms with van der Waals surface area (Å²) in [6.07, 6.45) is -1.09. The van der Waals surface area contributed by atoms with Crippen molar-refractivity contribution in [2.75, 3.05) is 17.1 Å². The molecular weight excluding hydrogens is 511 g/mol. The maximum Gasteiger partial charge on any atom is 0.341 e. The predicted molar refractivity (Wildman–Crippen MR) is 134 cm³/mol.